The van der Waals surface area contributed by atoms with Gasteiger partial charge in [-0.15, -0.1) is 0 Å². The minimum atomic E-state index is -0.506. The molecule has 2 heterocycles. The standard InChI is InChI=1S/C16H23N3O2/c1-11-5-6-12(8-18-11)13-7-14(17)10-19(9-13)15(20)21-16(2,3)4/h5-8,14H,9-10,17H2,1-4H3. The van der Waals surface area contributed by atoms with Crippen LogP contribution in [0, 0.1) is 6.92 Å². The van der Waals surface area contributed by atoms with Crippen molar-refractivity contribution >= 4 is 11.7 Å². The zero-order valence-corrected chi connectivity index (χ0v) is 13.1. The van der Waals surface area contributed by atoms with Crippen molar-refractivity contribution in [3.05, 3.63) is 35.7 Å². The van der Waals surface area contributed by atoms with Crippen LogP contribution in [0.25, 0.3) is 5.57 Å². The molecule has 114 valence electrons. The van der Waals surface area contributed by atoms with Gasteiger partial charge in [0.05, 0.1) is 0 Å². The molecule has 5 nitrogen and oxygen atoms in total. The van der Waals surface area contributed by atoms with Crippen molar-refractivity contribution in [3.63, 3.8) is 0 Å². The van der Waals surface area contributed by atoms with Crippen molar-refractivity contribution in [3.8, 4) is 0 Å². The lowest BCUT2D eigenvalue weighted by Gasteiger charge is -2.32. The molecule has 0 fully saturated rings. The number of carbonyl (C=O) groups is 1. The van der Waals surface area contributed by atoms with Gasteiger partial charge < -0.3 is 15.4 Å². The number of nitrogens with zero attached hydrogens (tertiary/aromatic N) is 2. The summed E-state index contributed by atoms with van der Waals surface area (Å²) in [6.07, 6.45) is 3.48. The first-order chi connectivity index (χ1) is 9.74. The zero-order chi connectivity index (χ0) is 15.6. The third-order valence-corrected chi connectivity index (χ3v) is 3.14. The third kappa shape index (κ3) is 4.29. The van der Waals surface area contributed by atoms with E-state index in [4.69, 9.17) is 10.5 Å². The monoisotopic (exact) mass is 289 g/mol. The molecule has 0 saturated carbocycles. The quantitative estimate of drug-likeness (QED) is 0.861. The smallest absolute Gasteiger partial charge is 0.410 e. The van der Waals surface area contributed by atoms with Crippen LogP contribution in [0.1, 0.15) is 32.0 Å². The number of aromatic nitrogens is 1. The molecule has 1 aromatic heterocycles. The molecule has 5 heteroatoms. The Morgan fingerprint density at radius 2 is 2.14 bits per heavy atom. The van der Waals surface area contributed by atoms with Gasteiger partial charge in [-0.25, -0.2) is 4.79 Å². The number of hydrogen-bond acceptors (Lipinski definition) is 4. The van der Waals surface area contributed by atoms with Gasteiger partial charge in [0.25, 0.3) is 0 Å². The fraction of sp³-hybridized carbons (Fsp3) is 0.500. The van der Waals surface area contributed by atoms with E-state index in [9.17, 15) is 4.79 Å². The van der Waals surface area contributed by atoms with Gasteiger partial charge in [-0.2, -0.15) is 0 Å². The van der Waals surface area contributed by atoms with E-state index in [-0.39, 0.29) is 12.1 Å². The molecular formula is C16H23N3O2. The van der Waals surface area contributed by atoms with Crippen LogP contribution >= 0.6 is 0 Å². The van der Waals surface area contributed by atoms with E-state index in [1.807, 2.05) is 52.1 Å². The van der Waals surface area contributed by atoms with Gasteiger partial charge in [-0.05, 0) is 44.9 Å². The molecule has 1 aliphatic rings. The summed E-state index contributed by atoms with van der Waals surface area (Å²) in [5, 5.41) is 0. The molecule has 21 heavy (non-hydrogen) atoms. The average molecular weight is 289 g/mol. The predicted octanol–water partition coefficient (Wildman–Crippen LogP) is 2.35. The molecule has 2 N–H and O–H groups in total. The summed E-state index contributed by atoms with van der Waals surface area (Å²) < 4.78 is 5.42. The van der Waals surface area contributed by atoms with Crippen LogP contribution in [0.3, 0.4) is 0 Å². The number of pyridine rings is 1. The van der Waals surface area contributed by atoms with Crippen molar-refractivity contribution in [2.75, 3.05) is 13.1 Å². The fourth-order valence-corrected chi connectivity index (χ4v) is 2.20. The lowest BCUT2D eigenvalue weighted by Crippen LogP contribution is -2.46. The Balaban J connectivity index is 2.14. The molecule has 1 unspecified atom stereocenters. The molecule has 1 atom stereocenters. The minimum Gasteiger partial charge on any atom is -0.444 e. The Bertz CT molecular complexity index is 544. The average Bonchev–Trinajstić information content (AvgIpc) is 2.36. The van der Waals surface area contributed by atoms with E-state index < -0.39 is 5.60 Å². The Hall–Kier alpha value is -1.88. The number of nitrogens with two attached hydrogens (primary N) is 1. The third-order valence-electron chi connectivity index (χ3n) is 3.14. The number of ether oxygens (including phenoxy) is 1. The highest BCUT2D eigenvalue weighted by Crippen LogP contribution is 2.21. The first-order valence-corrected chi connectivity index (χ1v) is 7.12. The van der Waals surface area contributed by atoms with Gasteiger partial charge in [-0.1, -0.05) is 12.1 Å². The highest BCUT2D eigenvalue weighted by molar-refractivity contribution is 5.75. The molecular weight excluding hydrogens is 266 g/mol. The van der Waals surface area contributed by atoms with Gasteiger partial charge in [0, 0.05) is 31.0 Å². The number of rotatable bonds is 1. The van der Waals surface area contributed by atoms with Gasteiger partial charge >= 0.3 is 6.09 Å². The number of amides is 1. The largest absolute Gasteiger partial charge is 0.444 e. The van der Waals surface area contributed by atoms with E-state index in [1.54, 1.807) is 4.90 Å². The second-order valence-electron chi connectivity index (χ2n) is 6.40. The summed E-state index contributed by atoms with van der Waals surface area (Å²) in [5.41, 5.74) is 8.49. The SMILES string of the molecule is Cc1ccc(C2=CC(N)CN(C(=O)OC(C)(C)C)C2)cn1. The summed E-state index contributed by atoms with van der Waals surface area (Å²) >= 11 is 0. The molecule has 0 bridgehead atoms. The van der Waals surface area contributed by atoms with E-state index in [0.717, 1.165) is 16.8 Å². The lowest BCUT2D eigenvalue weighted by atomic mass is 10.0. The summed E-state index contributed by atoms with van der Waals surface area (Å²) in [7, 11) is 0. The molecule has 0 aromatic carbocycles. The Morgan fingerprint density at radius 1 is 1.43 bits per heavy atom. The summed E-state index contributed by atoms with van der Waals surface area (Å²) in [4.78, 5) is 18.1. The molecule has 0 saturated heterocycles. The van der Waals surface area contributed by atoms with Crippen LogP contribution in [0.4, 0.5) is 4.79 Å². The number of aryl methyl sites for hydroxylation is 1. The Kier molecular flexibility index (Phi) is 4.32. The van der Waals surface area contributed by atoms with E-state index in [2.05, 4.69) is 4.98 Å². The molecule has 0 radical (unpaired) electrons. The Morgan fingerprint density at radius 3 is 2.71 bits per heavy atom. The first kappa shape index (κ1) is 15.5. The summed E-state index contributed by atoms with van der Waals surface area (Å²) in [5.74, 6) is 0. The van der Waals surface area contributed by atoms with Crippen molar-refractivity contribution in [1.82, 2.24) is 9.88 Å². The van der Waals surface area contributed by atoms with Gasteiger partial charge in [0.2, 0.25) is 0 Å². The van der Waals surface area contributed by atoms with Crippen molar-refractivity contribution in [2.24, 2.45) is 5.73 Å². The maximum Gasteiger partial charge on any atom is 0.410 e. The maximum absolute atomic E-state index is 12.2. The van der Waals surface area contributed by atoms with E-state index in [1.165, 1.54) is 0 Å². The van der Waals surface area contributed by atoms with Crippen molar-refractivity contribution < 1.29 is 9.53 Å². The lowest BCUT2D eigenvalue weighted by molar-refractivity contribution is 0.0265. The van der Waals surface area contributed by atoms with E-state index >= 15 is 0 Å². The van der Waals surface area contributed by atoms with Crippen molar-refractivity contribution in [2.45, 2.75) is 39.3 Å². The van der Waals surface area contributed by atoms with Crippen molar-refractivity contribution in [1.29, 1.82) is 0 Å². The van der Waals surface area contributed by atoms with Gasteiger partial charge in [0.15, 0.2) is 0 Å². The topological polar surface area (TPSA) is 68.5 Å². The zero-order valence-electron chi connectivity index (χ0n) is 13.1. The van der Waals surface area contributed by atoms with Crippen LogP contribution in [-0.4, -0.2) is 40.7 Å². The van der Waals surface area contributed by atoms with Crippen LogP contribution in [-0.2, 0) is 4.74 Å². The van der Waals surface area contributed by atoms with Crippen LogP contribution in [0.5, 0.6) is 0 Å². The second-order valence-corrected chi connectivity index (χ2v) is 6.40. The molecule has 1 aromatic rings. The molecule has 2 rings (SSSR count). The Labute approximate surface area is 125 Å². The molecule has 0 aliphatic carbocycles. The van der Waals surface area contributed by atoms with Crippen LogP contribution in [0.2, 0.25) is 0 Å². The molecule has 1 amide bonds. The maximum atomic E-state index is 12.2. The number of carbonyl (C=O) groups excluding carboxylic acids is 1. The highest BCUT2D eigenvalue weighted by atomic mass is 16.6. The highest BCUT2D eigenvalue weighted by Gasteiger charge is 2.27. The van der Waals surface area contributed by atoms with Gasteiger partial charge in [-0.3, -0.25) is 4.98 Å². The van der Waals surface area contributed by atoms with Gasteiger partial charge in [0.1, 0.15) is 5.60 Å². The minimum absolute atomic E-state index is 0.192. The number of hydrogen-bond donors (Lipinski definition) is 1. The first-order valence-electron chi connectivity index (χ1n) is 7.12. The molecule has 1 aliphatic heterocycles. The summed E-state index contributed by atoms with van der Waals surface area (Å²) in [6.45, 7) is 8.48. The van der Waals surface area contributed by atoms with E-state index in [0.29, 0.717) is 13.1 Å². The normalized spacial score (nSPS) is 19.2. The summed E-state index contributed by atoms with van der Waals surface area (Å²) in [6, 6.07) is 3.76. The second kappa shape index (κ2) is 5.85. The molecule has 0 spiro atoms. The predicted molar refractivity (Wildman–Crippen MR) is 82.7 cm³/mol. The van der Waals surface area contributed by atoms with Crippen LogP contribution < -0.4 is 5.73 Å². The fourth-order valence-electron chi connectivity index (χ4n) is 2.20. The van der Waals surface area contributed by atoms with Crippen LogP contribution in [0.15, 0.2) is 24.4 Å².